The molecule has 0 bridgehead atoms. The summed E-state index contributed by atoms with van der Waals surface area (Å²) in [6, 6.07) is 31.1. The third-order valence-corrected chi connectivity index (χ3v) is 5.88. The lowest BCUT2D eigenvalue weighted by atomic mass is 9.77. The molecular weight excluding hydrogens is 393 g/mol. The van der Waals surface area contributed by atoms with Crippen molar-refractivity contribution in [2.45, 2.75) is 13.3 Å². The SMILES string of the molecule is CC/C(=C(/c1ccccc1)c1cccc2ccccc12)c1cc(B(O)O)cc(N(C)C)c1. The second-order valence-electron chi connectivity index (χ2n) is 8.18. The van der Waals surface area contributed by atoms with Crippen LogP contribution in [0.15, 0.2) is 91.0 Å². The Bertz CT molecular complexity index is 1230. The van der Waals surface area contributed by atoms with Gasteiger partial charge in [0.2, 0.25) is 0 Å². The normalized spacial score (nSPS) is 11.9. The number of hydrogen-bond donors (Lipinski definition) is 2. The molecule has 160 valence electrons. The van der Waals surface area contributed by atoms with Gasteiger partial charge in [0.15, 0.2) is 0 Å². The third kappa shape index (κ3) is 4.33. The number of allylic oxidation sites excluding steroid dienone is 1. The van der Waals surface area contributed by atoms with Crippen molar-refractivity contribution >= 4 is 40.2 Å². The molecule has 2 N–H and O–H groups in total. The number of fused-ring (bicyclic) bond motifs is 1. The van der Waals surface area contributed by atoms with Gasteiger partial charge >= 0.3 is 7.12 Å². The molecular formula is C28H28BNO2. The van der Waals surface area contributed by atoms with Gasteiger partial charge < -0.3 is 14.9 Å². The van der Waals surface area contributed by atoms with E-state index in [4.69, 9.17) is 0 Å². The minimum Gasteiger partial charge on any atom is -0.423 e. The smallest absolute Gasteiger partial charge is 0.423 e. The molecule has 32 heavy (non-hydrogen) atoms. The zero-order valence-corrected chi connectivity index (χ0v) is 18.8. The molecule has 0 aliphatic heterocycles. The van der Waals surface area contributed by atoms with Gasteiger partial charge in [0, 0.05) is 19.8 Å². The van der Waals surface area contributed by atoms with Crippen molar-refractivity contribution in [2.24, 2.45) is 0 Å². The topological polar surface area (TPSA) is 43.7 Å². The highest BCUT2D eigenvalue weighted by Gasteiger charge is 2.19. The van der Waals surface area contributed by atoms with E-state index in [1.54, 1.807) is 0 Å². The molecule has 0 heterocycles. The molecule has 0 saturated heterocycles. The van der Waals surface area contributed by atoms with Gasteiger partial charge in [0.25, 0.3) is 0 Å². The Morgan fingerprint density at radius 1 is 0.781 bits per heavy atom. The molecule has 4 aromatic carbocycles. The minimum absolute atomic E-state index is 0.488. The molecule has 0 radical (unpaired) electrons. The van der Waals surface area contributed by atoms with Crippen LogP contribution in [0.3, 0.4) is 0 Å². The zero-order chi connectivity index (χ0) is 22.7. The highest BCUT2D eigenvalue weighted by atomic mass is 16.4. The monoisotopic (exact) mass is 421 g/mol. The first-order valence-electron chi connectivity index (χ1n) is 10.9. The Morgan fingerprint density at radius 2 is 1.47 bits per heavy atom. The van der Waals surface area contributed by atoms with E-state index in [1.165, 1.54) is 21.9 Å². The Kier molecular flexibility index (Phi) is 6.45. The van der Waals surface area contributed by atoms with E-state index in [2.05, 4.69) is 79.7 Å². The van der Waals surface area contributed by atoms with Crippen LogP contribution in [0, 0.1) is 0 Å². The maximum absolute atomic E-state index is 9.94. The van der Waals surface area contributed by atoms with Crippen molar-refractivity contribution in [3.05, 3.63) is 108 Å². The van der Waals surface area contributed by atoms with Gasteiger partial charge in [-0.2, -0.15) is 0 Å². The summed E-state index contributed by atoms with van der Waals surface area (Å²) in [5, 5.41) is 22.3. The fourth-order valence-electron chi connectivity index (χ4n) is 4.28. The summed E-state index contributed by atoms with van der Waals surface area (Å²) in [4.78, 5) is 1.99. The average molecular weight is 421 g/mol. The van der Waals surface area contributed by atoms with E-state index in [0.29, 0.717) is 5.46 Å². The van der Waals surface area contributed by atoms with Crippen LogP contribution in [0.2, 0.25) is 0 Å². The summed E-state index contributed by atoms with van der Waals surface area (Å²) in [5.41, 5.74) is 7.06. The number of hydrogen-bond acceptors (Lipinski definition) is 3. The maximum Gasteiger partial charge on any atom is 0.488 e. The highest BCUT2D eigenvalue weighted by molar-refractivity contribution is 6.58. The predicted octanol–water partition coefficient (Wildman–Crippen LogP) is 4.95. The Morgan fingerprint density at radius 3 is 2.16 bits per heavy atom. The number of nitrogens with zero attached hydrogens (tertiary/aromatic N) is 1. The molecule has 4 rings (SSSR count). The third-order valence-electron chi connectivity index (χ3n) is 5.88. The van der Waals surface area contributed by atoms with Gasteiger partial charge in [-0.15, -0.1) is 0 Å². The molecule has 0 spiro atoms. The van der Waals surface area contributed by atoms with Gasteiger partial charge in [0.1, 0.15) is 0 Å². The van der Waals surface area contributed by atoms with Gasteiger partial charge in [-0.3, -0.25) is 0 Å². The van der Waals surface area contributed by atoms with E-state index >= 15 is 0 Å². The molecule has 3 nitrogen and oxygen atoms in total. The molecule has 0 unspecified atom stereocenters. The average Bonchev–Trinajstić information content (AvgIpc) is 2.82. The van der Waals surface area contributed by atoms with E-state index < -0.39 is 7.12 Å². The number of anilines is 1. The van der Waals surface area contributed by atoms with E-state index in [-0.39, 0.29) is 0 Å². The second-order valence-corrected chi connectivity index (χ2v) is 8.18. The van der Waals surface area contributed by atoms with Gasteiger partial charge in [-0.1, -0.05) is 85.8 Å². The fourth-order valence-corrected chi connectivity index (χ4v) is 4.28. The summed E-state index contributed by atoms with van der Waals surface area (Å²) in [6.07, 6.45) is 0.797. The van der Waals surface area contributed by atoms with Crippen LogP contribution in [0.4, 0.5) is 5.69 Å². The fraction of sp³-hybridized carbons (Fsp3) is 0.143. The Balaban J connectivity index is 2.09. The van der Waals surface area contributed by atoms with Gasteiger partial charge in [-0.05, 0) is 62.6 Å². The first-order valence-corrected chi connectivity index (χ1v) is 10.9. The summed E-state index contributed by atoms with van der Waals surface area (Å²) < 4.78 is 0. The van der Waals surface area contributed by atoms with Crippen molar-refractivity contribution in [3.8, 4) is 0 Å². The lowest BCUT2D eigenvalue weighted by Crippen LogP contribution is -2.31. The molecule has 0 fully saturated rings. The molecule has 0 atom stereocenters. The molecule has 0 amide bonds. The lowest BCUT2D eigenvalue weighted by molar-refractivity contribution is 0.426. The molecule has 0 aromatic heterocycles. The minimum atomic E-state index is -1.52. The first-order chi connectivity index (χ1) is 15.5. The van der Waals surface area contributed by atoms with Crippen molar-refractivity contribution in [2.75, 3.05) is 19.0 Å². The lowest BCUT2D eigenvalue weighted by Gasteiger charge is -2.21. The van der Waals surface area contributed by atoms with Gasteiger partial charge in [0.05, 0.1) is 0 Å². The standard InChI is InChI=1S/C28H28BNO2/c1-4-25(22-17-23(29(31)32)19-24(18-22)30(2)3)28(21-12-6-5-7-13-21)27-16-10-14-20-11-8-9-15-26(20)27/h5-19,31-32H,4H2,1-3H3/b28-25+. The summed E-state index contributed by atoms with van der Waals surface area (Å²) in [5.74, 6) is 0. The number of rotatable bonds is 6. The van der Waals surface area contributed by atoms with Crippen LogP contribution in [0.1, 0.15) is 30.0 Å². The zero-order valence-electron chi connectivity index (χ0n) is 18.8. The predicted molar refractivity (Wildman–Crippen MR) is 137 cm³/mol. The van der Waals surface area contributed by atoms with Crippen molar-refractivity contribution in [1.82, 2.24) is 0 Å². The molecule has 4 aromatic rings. The van der Waals surface area contributed by atoms with E-state index in [1.807, 2.05) is 37.2 Å². The van der Waals surface area contributed by atoms with Crippen LogP contribution < -0.4 is 10.4 Å². The van der Waals surface area contributed by atoms with Crippen LogP contribution >= 0.6 is 0 Å². The van der Waals surface area contributed by atoms with Crippen LogP contribution in [-0.2, 0) is 0 Å². The quantitative estimate of drug-likeness (QED) is 0.342. The second kappa shape index (κ2) is 9.43. The molecule has 0 aliphatic carbocycles. The Labute approximate surface area is 190 Å². The largest absolute Gasteiger partial charge is 0.488 e. The number of benzene rings is 4. The van der Waals surface area contributed by atoms with Crippen molar-refractivity contribution in [1.29, 1.82) is 0 Å². The summed E-state index contributed by atoms with van der Waals surface area (Å²) in [7, 11) is 2.40. The Hall–Kier alpha value is -3.34. The van der Waals surface area contributed by atoms with Gasteiger partial charge in [-0.25, -0.2) is 0 Å². The highest BCUT2D eigenvalue weighted by Crippen LogP contribution is 2.38. The summed E-state index contributed by atoms with van der Waals surface area (Å²) >= 11 is 0. The maximum atomic E-state index is 9.94. The van der Waals surface area contributed by atoms with Crippen LogP contribution in [0.5, 0.6) is 0 Å². The van der Waals surface area contributed by atoms with Crippen molar-refractivity contribution < 1.29 is 10.0 Å². The molecule has 4 heteroatoms. The molecule has 0 saturated carbocycles. The summed E-state index contributed by atoms with van der Waals surface area (Å²) in [6.45, 7) is 2.15. The van der Waals surface area contributed by atoms with Crippen LogP contribution in [-0.4, -0.2) is 31.3 Å². The first kappa shape index (κ1) is 21.9. The van der Waals surface area contributed by atoms with E-state index in [9.17, 15) is 10.0 Å². The molecule has 0 aliphatic rings. The van der Waals surface area contributed by atoms with Crippen LogP contribution in [0.25, 0.3) is 21.9 Å². The van der Waals surface area contributed by atoms with Crippen molar-refractivity contribution in [3.63, 3.8) is 0 Å². The van der Waals surface area contributed by atoms with E-state index in [0.717, 1.165) is 28.8 Å².